The molecule has 0 radical (unpaired) electrons. The van der Waals surface area contributed by atoms with Gasteiger partial charge in [0.1, 0.15) is 6.54 Å². The van der Waals surface area contributed by atoms with Crippen LogP contribution in [0.1, 0.15) is 24.2 Å². The molecule has 0 aliphatic rings. The number of aryl methyl sites for hydroxylation is 1. The van der Waals surface area contributed by atoms with Gasteiger partial charge < -0.3 is 14.2 Å². The lowest BCUT2D eigenvalue weighted by Crippen LogP contribution is -2.41. The van der Waals surface area contributed by atoms with Gasteiger partial charge in [0, 0.05) is 30.2 Å². The second kappa shape index (κ2) is 5.99. The smallest absolute Gasteiger partial charge is 0.325 e. The van der Waals surface area contributed by atoms with Crippen LogP contribution >= 0.6 is 0 Å². The molecule has 0 aliphatic heterocycles. The molecular weight excluding hydrogens is 268 g/mol. The van der Waals surface area contributed by atoms with Crippen LogP contribution in [0.25, 0.3) is 10.9 Å². The molecule has 0 N–H and O–H groups in total. The molecule has 112 valence electrons. The van der Waals surface area contributed by atoms with E-state index in [1.807, 2.05) is 49.7 Å². The second-order valence-corrected chi connectivity index (χ2v) is 5.27. The lowest BCUT2D eigenvalue weighted by atomic mass is 10.1. The van der Waals surface area contributed by atoms with Crippen LogP contribution in [0.2, 0.25) is 0 Å². The molecule has 2 rings (SSSR count). The van der Waals surface area contributed by atoms with Gasteiger partial charge in [-0.3, -0.25) is 9.59 Å². The monoisotopic (exact) mass is 288 g/mol. The topological polar surface area (TPSA) is 51.5 Å². The Morgan fingerprint density at radius 3 is 2.57 bits per heavy atom. The minimum atomic E-state index is -0.419. The van der Waals surface area contributed by atoms with Gasteiger partial charge in [0.05, 0.1) is 12.7 Å². The Morgan fingerprint density at radius 2 is 1.95 bits per heavy atom. The van der Waals surface area contributed by atoms with E-state index in [2.05, 4.69) is 4.74 Å². The molecule has 0 aliphatic carbocycles. The average Bonchev–Trinajstić information content (AvgIpc) is 2.81. The normalized spacial score (nSPS) is 10.9. The minimum absolute atomic E-state index is 0.0454. The number of amides is 1. The molecule has 0 bridgehead atoms. The summed E-state index contributed by atoms with van der Waals surface area (Å²) in [6.45, 7) is 3.72. The summed E-state index contributed by atoms with van der Waals surface area (Å²) in [5.41, 5.74) is 1.59. The highest BCUT2D eigenvalue weighted by molar-refractivity contribution is 6.07. The molecule has 5 heteroatoms. The van der Waals surface area contributed by atoms with Crippen LogP contribution in [0.15, 0.2) is 30.5 Å². The molecule has 0 atom stereocenters. The van der Waals surface area contributed by atoms with Crippen molar-refractivity contribution in [3.8, 4) is 0 Å². The van der Waals surface area contributed by atoms with Gasteiger partial charge in [-0.15, -0.1) is 0 Å². The predicted octanol–water partition coefficient (Wildman–Crippen LogP) is 2.20. The summed E-state index contributed by atoms with van der Waals surface area (Å²) in [7, 11) is 3.22. The molecule has 1 aromatic heterocycles. The number of hydrogen-bond donors (Lipinski definition) is 0. The molecule has 1 aromatic carbocycles. The summed E-state index contributed by atoms with van der Waals surface area (Å²) < 4.78 is 6.59. The molecule has 5 nitrogen and oxygen atoms in total. The van der Waals surface area contributed by atoms with Crippen molar-refractivity contribution in [1.82, 2.24) is 9.47 Å². The zero-order chi connectivity index (χ0) is 15.6. The van der Waals surface area contributed by atoms with Crippen LogP contribution < -0.4 is 0 Å². The van der Waals surface area contributed by atoms with E-state index in [0.717, 1.165) is 10.9 Å². The lowest BCUT2D eigenvalue weighted by Gasteiger charge is -2.25. The summed E-state index contributed by atoms with van der Waals surface area (Å²) in [6, 6.07) is 7.63. The third-order valence-corrected chi connectivity index (χ3v) is 3.54. The van der Waals surface area contributed by atoms with Gasteiger partial charge in [-0.25, -0.2) is 0 Å². The van der Waals surface area contributed by atoms with Crippen molar-refractivity contribution in [1.29, 1.82) is 0 Å². The van der Waals surface area contributed by atoms with E-state index in [4.69, 9.17) is 0 Å². The molecule has 0 spiro atoms. The fraction of sp³-hybridized carbons (Fsp3) is 0.375. The van der Waals surface area contributed by atoms with Crippen molar-refractivity contribution in [2.45, 2.75) is 19.9 Å². The predicted molar refractivity (Wildman–Crippen MR) is 81.1 cm³/mol. The Labute approximate surface area is 124 Å². The fourth-order valence-corrected chi connectivity index (χ4v) is 2.36. The molecule has 1 heterocycles. The number of ether oxygens (including phenoxy) is 1. The van der Waals surface area contributed by atoms with Crippen LogP contribution in [0.5, 0.6) is 0 Å². The maximum Gasteiger partial charge on any atom is 0.325 e. The zero-order valence-electron chi connectivity index (χ0n) is 12.8. The van der Waals surface area contributed by atoms with E-state index in [1.54, 1.807) is 6.20 Å². The number of nitrogens with zero attached hydrogens (tertiary/aromatic N) is 2. The number of esters is 1. The summed E-state index contributed by atoms with van der Waals surface area (Å²) in [5.74, 6) is -0.579. The summed E-state index contributed by atoms with van der Waals surface area (Å²) in [4.78, 5) is 25.8. The Bertz CT molecular complexity index is 673. The van der Waals surface area contributed by atoms with Crippen molar-refractivity contribution < 1.29 is 14.3 Å². The first-order valence-corrected chi connectivity index (χ1v) is 6.87. The van der Waals surface area contributed by atoms with E-state index in [9.17, 15) is 9.59 Å². The first-order valence-electron chi connectivity index (χ1n) is 6.87. The lowest BCUT2D eigenvalue weighted by molar-refractivity contribution is -0.141. The van der Waals surface area contributed by atoms with Gasteiger partial charge in [0.2, 0.25) is 0 Å². The van der Waals surface area contributed by atoms with Gasteiger partial charge in [0.25, 0.3) is 5.91 Å². The maximum absolute atomic E-state index is 12.8. The van der Waals surface area contributed by atoms with Crippen molar-refractivity contribution in [2.24, 2.45) is 7.05 Å². The number of carbonyl (C=O) groups is 2. The molecular formula is C16H20N2O3. The van der Waals surface area contributed by atoms with E-state index >= 15 is 0 Å². The summed E-state index contributed by atoms with van der Waals surface area (Å²) in [6.07, 6.45) is 1.81. The number of carbonyl (C=O) groups excluding carboxylic acids is 2. The molecule has 0 saturated heterocycles. The van der Waals surface area contributed by atoms with Gasteiger partial charge in [-0.2, -0.15) is 0 Å². The largest absolute Gasteiger partial charge is 0.468 e. The summed E-state index contributed by atoms with van der Waals surface area (Å²) >= 11 is 0. The van der Waals surface area contributed by atoms with Gasteiger partial charge in [-0.05, 0) is 19.9 Å². The molecule has 21 heavy (non-hydrogen) atoms. The maximum atomic E-state index is 12.8. The van der Waals surface area contributed by atoms with Crippen molar-refractivity contribution in [3.05, 3.63) is 36.0 Å². The quantitative estimate of drug-likeness (QED) is 0.810. The number of hydrogen-bond acceptors (Lipinski definition) is 3. The number of rotatable bonds is 4. The van der Waals surface area contributed by atoms with Crippen LogP contribution in [0.3, 0.4) is 0 Å². The van der Waals surface area contributed by atoms with Crippen LogP contribution in [-0.2, 0) is 16.6 Å². The fourth-order valence-electron chi connectivity index (χ4n) is 2.36. The minimum Gasteiger partial charge on any atom is -0.468 e. The zero-order valence-corrected chi connectivity index (χ0v) is 12.8. The van der Waals surface area contributed by atoms with Crippen LogP contribution in [0, 0.1) is 0 Å². The van der Waals surface area contributed by atoms with Crippen molar-refractivity contribution >= 4 is 22.8 Å². The standard InChI is InChI=1S/C16H20N2O3/c1-11(2)18(10-15(19)21-4)16(20)13-9-17(3)14-8-6-5-7-12(13)14/h5-9,11H,10H2,1-4H3. The van der Waals surface area contributed by atoms with E-state index in [-0.39, 0.29) is 18.5 Å². The van der Waals surface area contributed by atoms with E-state index in [0.29, 0.717) is 5.56 Å². The highest BCUT2D eigenvalue weighted by Crippen LogP contribution is 2.22. The second-order valence-electron chi connectivity index (χ2n) is 5.27. The average molecular weight is 288 g/mol. The van der Waals surface area contributed by atoms with Crippen LogP contribution in [-0.4, -0.2) is 41.0 Å². The third-order valence-electron chi connectivity index (χ3n) is 3.54. The van der Waals surface area contributed by atoms with Crippen molar-refractivity contribution in [3.63, 3.8) is 0 Å². The Hall–Kier alpha value is -2.30. The highest BCUT2D eigenvalue weighted by atomic mass is 16.5. The molecule has 0 unspecified atom stereocenters. The van der Waals surface area contributed by atoms with Gasteiger partial charge in [-0.1, -0.05) is 18.2 Å². The first kappa shape index (κ1) is 15.1. The molecule has 2 aromatic rings. The number of fused-ring (bicyclic) bond motifs is 1. The van der Waals surface area contributed by atoms with Crippen molar-refractivity contribution in [2.75, 3.05) is 13.7 Å². The Balaban J connectivity index is 2.41. The first-order chi connectivity index (χ1) is 9.95. The Kier molecular flexibility index (Phi) is 4.31. The van der Waals surface area contributed by atoms with Gasteiger partial charge in [0.15, 0.2) is 0 Å². The van der Waals surface area contributed by atoms with E-state index < -0.39 is 5.97 Å². The Morgan fingerprint density at radius 1 is 1.29 bits per heavy atom. The third kappa shape index (κ3) is 2.91. The summed E-state index contributed by atoms with van der Waals surface area (Å²) in [5, 5.41) is 0.889. The number of para-hydroxylation sites is 1. The number of aromatic nitrogens is 1. The van der Waals surface area contributed by atoms with E-state index in [1.165, 1.54) is 12.0 Å². The van der Waals surface area contributed by atoms with Crippen LogP contribution in [0.4, 0.5) is 0 Å². The van der Waals surface area contributed by atoms with Gasteiger partial charge >= 0.3 is 5.97 Å². The molecule has 0 saturated carbocycles. The highest BCUT2D eigenvalue weighted by Gasteiger charge is 2.24. The molecule has 0 fully saturated rings. The number of methoxy groups -OCH3 is 1. The number of benzene rings is 1. The molecule has 1 amide bonds. The SMILES string of the molecule is COC(=O)CN(C(=O)c1cn(C)c2ccccc12)C(C)C.